The highest BCUT2D eigenvalue weighted by atomic mass is 16.3. The summed E-state index contributed by atoms with van der Waals surface area (Å²) in [5.74, 6) is 1.28. The molecule has 0 fully saturated rings. The van der Waals surface area contributed by atoms with Gasteiger partial charge in [-0.05, 0) is 74.4 Å². The van der Waals surface area contributed by atoms with Crippen LogP contribution < -0.4 is 0 Å². The number of allylic oxidation sites excluding steroid dienone is 5. The molecule has 0 radical (unpaired) electrons. The van der Waals surface area contributed by atoms with Crippen molar-refractivity contribution < 1.29 is 4.42 Å². The summed E-state index contributed by atoms with van der Waals surface area (Å²) in [6.45, 7) is 0. The summed E-state index contributed by atoms with van der Waals surface area (Å²) < 4.78 is 6.61. The third-order valence-electron chi connectivity index (χ3n) is 9.51. The lowest BCUT2D eigenvalue weighted by Crippen LogP contribution is -2.04. The maximum atomic E-state index is 6.61. The molecular weight excluding hydrogens is 520 g/mol. The molecule has 2 aliphatic carbocycles. The van der Waals surface area contributed by atoms with Gasteiger partial charge in [0.2, 0.25) is 0 Å². The predicted octanol–water partition coefficient (Wildman–Crippen LogP) is 11.6. The Kier molecular flexibility index (Phi) is 5.52. The van der Waals surface area contributed by atoms with Gasteiger partial charge in [-0.3, -0.25) is 0 Å². The Morgan fingerprint density at radius 1 is 0.605 bits per heavy atom. The Labute approximate surface area is 251 Å². The van der Waals surface area contributed by atoms with Gasteiger partial charge in [-0.15, -0.1) is 0 Å². The molecule has 7 aromatic rings. The lowest BCUT2D eigenvalue weighted by Gasteiger charge is -2.25. The zero-order valence-corrected chi connectivity index (χ0v) is 23.9. The molecule has 0 N–H and O–H groups in total. The van der Waals surface area contributed by atoms with Crippen LogP contribution in [0.2, 0.25) is 0 Å². The van der Waals surface area contributed by atoms with Crippen LogP contribution in [-0.2, 0) is 6.42 Å². The molecule has 0 saturated carbocycles. The molecule has 43 heavy (non-hydrogen) atoms. The topological polar surface area (TPSA) is 13.1 Å². The van der Waals surface area contributed by atoms with E-state index in [0.29, 0.717) is 0 Å². The molecule has 0 amide bonds. The van der Waals surface area contributed by atoms with Crippen LogP contribution in [0.25, 0.3) is 66.1 Å². The van der Waals surface area contributed by atoms with Crippen LogP contribution in [0.3, 0.4) is 0 Å². The van der Waals surface area contributed by atoms with Gasteiger partial charge in [-0.1, -0.05) is 133 Å². The lowest BCUT2D eigenvalue weighted by atomic mass is 9.78. The molecule has 204 valence electrons. The van der Waals surface area contributed by atoms with Crippen molar-refractivity contribution >= 4 is 54.9 Å². The molecule has 1 heterocycles. The van der Waals surface area contributed by atoms with Gasteiger partial charge in [0, 0.05) is 28.0 Å². The first-order valence-corrected chi connectivity index (χ1v) is 15.4. The first kappa shape index (κ1) is 24.5. The monoisotopic (exact) mass is 550 g/mol. The van der Waals surface area contributed by atoms with Crippen molar-refractivity contribution in [1.29, 1.82) is 0 Å². The summed E-state index contributed by atoms with van der Waals surface area (Å²) in [6.07, 6.45) is 14.4. The zero-order chi connectivity index (χ0) is 28.3. The van der Waals surface area contributed by atoms with E-state index < -0.39 is 0 Å². The van der Waals surface area contributed by atoms with E-state index >= 15 is 0 Å². The molecule has 1 nitrogen and oxygen atoms in total. The van der Waals surface area contributed by atoms with Crippen LogP contribution in [0.1, 0.15) is 41.2 Å². The van der Waals surface area contributed by atoms with Crippen LogP contribution in [0.15, 0.2) is 138 Å². The number of aryl methyl sites for hydroxylation is 1. The van der Waals surface area contributed by atoms with Crippen molar-refractivity contribution in [3.63, 3.8) is 0 Å². The largest absolute Gasteiger partial charge is 0.456 e. The molecular formula is C42H30O. The number of benzene rings is 6. The number of fused-ring (bicyclic) bond motifs is 6. The normalized spacial score (nSPS) is 16.3. The van der Waals surface area contributed by atoms with Crippen molar-refractivity contribution in [2.75, 3.05) is 0 Å². The van der Waals surface area contributed by atoms with Crippen LogP contribution in [-0.4, -0.2) is 0 Å². The Bertz CT molecular complexity index is 2260. The van der Waals surface area contributed by atoms with Gasteiger partial charge in [0.15, 0.2) is 0 Å². The summed E-state index contributed by atoms with van der Waals surface area (Å²) in [5, 5.41) is 9.05. The number of rotatable bonds is 3. The van der Waals surface area contributed by atoms with Crippen molar-refractivity contribution in [1.82, 2.24) is 0 Å². The highest BCUT2D eigenvalue weighted by Crippen LogP contribution is 2.48. The van der Waals surface area contributed by atoms with Gasteiger partial charge in [0.05, 0.1) is 0 Å². The number of hydrogen-bond acceptors (Lipinski definition) is 1. The molecule has 1 aromatic heterocycles. The maximum Gasteiger partial charge on any atom is 0.142 e. The fourth-order valence-electron chi connectivity index (χ4n) is 7.63. The third kappa shape index (κ3) is 3.78. The number of para-hydroxylation sites is 1. The zero-order valence-electron chi connectivity index (χ0n) is 23.9. The van der Waals surface area contributed by atoms with E-state index in [9.17, 15) is 0 Å². The smallest absolute Gasteiger partial charge is 0.142 e. The number of furan rings is 1. The summed E-state index contributed by atoms with van der Waals surface area (Å²) in [4.78, 5) is 0. The average Bonchev–Trinajstić information content (AvgIpc) is 3.46. The Hall–Kier alpha value is -5.14. The second-order valence-corrected chi connectivity index (χ2v) is 11.9. The van der Waals surface area contributed by atoms with Gasteiger partial charge in [-0.2, -0.15) is 0 Å². The molecule has 0 spiro atoms. The standard InChI is InChI=1S/C42H30O/c1-2-16-30-27(12-1)13-10-22-31(30)28-14-9-15-29(26-28)40-33-18-3-5-20-35(33)41(36-21-6-4-19-34(36)40)38-24-11-23-37-32-17-7-8-25-39(32)43-42(37)38/h1-6,8-16,18-25,29H,7,17,26H2. The molecule has 0 bridgehead atoms. The predicted molar refractivity (Wildman–Crippen MR) is 182 cm³/mol. The summed E-state index contributed by atoms with van der Waals surface area (Å²) in [5.41, 5.74) is 8.91. The fraction of sp³-hybridized carbons (Fsp3) is 0.0952. The Balaban J connectivity index is 1.27. The molecule has 2 aliphatic rings. The van der Waals surface area contributed by atoms with Gasteiger partial charge in [0.25, 0.3) is 0 Å². The molecule has 1 unspecified atom stereocenters. The van der Waals surface area contributed by atoms with Crippen molar-refractivity contribution in [3.05, 3.63) is 156 Å². The lowest BCUT2D eigenvalue weighted by molar-refractivity contribution is 0.596. The van der Waals surface area contributed by atoms with Crippen LogP contribution in [0.4, 0.5) is 0 Å². The highest BCUT2D eigenvalue weighted by Gasteiger charge is 2.25. The van der Waals surface area contributed by atoms with E-state index in [1.807, 2.05) is 0 Å². The molecule has 1 atom stereocenters. The second-order valence-electron chi connectivity index (χ2n) is 11.9. The summed E-state index contributed by atoms with van der Waals surface area (Å²) in [7, 11) is 0. The van der Waals surface area contributed by atoms with Crippen molar-refractivity contribution in [3.8, 4) is 11.1 Å². The van der Waals surface area contributed by atoms with Crippen LogP contribution >= 0.6 is 0 Å². The van der Waals surface area contributed by atoms with Gasteiger partial charge < -0.3 is 4.42 Å². The maximum absolute atomic E-state index is 6.61. The van der Waals surface area contributed by atoms with E-state index in [1.165, 1.54) is 71.1 Å². The van der Waals surface area contributed by atoms with Crippen LogP contribution in [0, 0.1) is 0 Å². The quantitative estimate of drug-likeness (QED) is 0.199. The average molecular weight is 551 g/mol. The van der Waals surface area contributed by atoms with E-state index in [2.05, 4.69) is 140 Å². The Morgan fingerprint density at radius 3 is 2.07 bits per heavy atom. The van der Waals surface area contributed by atoms with E-state index in [-0.39, 0.29) is 5.92 Å². The molecule has 6 aromatic carbocycles. The van der Waals surface area contributed by atoms with Gasteiger partial charge >= 0.3 is 0 Å². The molecule has 1 heteroatoms. The SMILES string of the molecule is C1=CC(c2c3ccccc3c(-c3cccc4c5c(oc34)C=CCC5)c3ccccc23)CC(c2cccc3ccccc23)=C1. The Morgan fingerprint density at radius 2 is 1.26 bits per heavy atom. The van der Waals surface area contributed by atoms with Gasteiger partial charge in [-0.25, -0.2) is 0 Å². The minimum atomic E-state index is 0.264. The molecule has 0 saturated heterocycles. The fourth-order valence-corrected chi connectivity index (χ4v) is 7.63. The summed E-state index contributed by atoms with van der Waals surface area (Å²) >= 11 is 0. The summed E-state index contributed by atoms with van der Waals surface area (Å²) in [6, 6.07) is 40.1. The van der Waals surface area contributed by atoms with Gasteiger partial charge in [0.1, 0.15) is 11.3 Å². The molecule has 0 aliphatic heterocycles. The van der Waals surface area contributed by atoms with E-state index in [1.54, 1.807) is 0 Å². The van der Waals surface area contributed by atoms with E-state index in [0.717, 1.165) is 30.6 Å². The van der Waals surface area contributed by atoms with Crippen molar-refractivity contribution in [2.45, 2.75) is 25.2 Å². The number of hydrogen-bond donors (Lipinski definition) is 0. The molecule has 9 rings (SSSR count). The second kappa shape index (κ2) is 9.71. The van der Waals surface area contributed by atoms with E-state index in [4.69, 9.17) is 4.42 Å². The first-order chi connectivity index (χ1) is 21.3. The highest BCUT2D eigenvalue weighted by molar-refractivity contribution is 6.18. The third-order valence-corrected chi connectivity index (χ3v) is 9.51. The minimum Gasteiger partial charge on any atom is -0.456 e. The minimum absolute atomic E-state index is 0.264. The first-order valence-electron chi connectivity index (χ1n) is 15.4. The van der Waals surface area contributed by atoms with Crippen molar-refractivity contribution in [2.24, 2.45) is 0 Å². The van der Waals surface area contributed by atoms with Crippen LogP contribution in [0.5, 0.6) is 0 Å².